The number of nitriles is 1. The Hall–Kier alpha value is -2.78. The van der Waals surface area contributed by atoms with Crippen molar-refractivity contribution in [2.45, 2.75) is 55.6 Å². The highest BCUT2D eigenvalue weighted by atomic mass is 16.5. The topological polar surface area (TPSA) is 93.5 Å². The van der Waals surface area contributed by atoms with E-state index >= 15 is 0 Å². The molecule has 0 amide bonds. The SMILES string of the molecule is [B]C1([B])CC2(N=C(N)O1)c1cc(-c3cncc(C#N)c3)ccc1CC21CCC(OC)CC1. The molecule has 1 aromatic heterocycles. The van der Waals surface area contributed by atoms with Crippen LogP contribution < -0.4 is 5.73 Å². The number of rotatable bonds is 2. The van der Waals surface area contributed by atoms with E-state index in [9.17, 15) is 5.26 Å². The summed E-state index contributed by atoms with van der Waals surface area (Å²) in [6.07, 6.45) is 8.56. The van der Waals surface area contributed by atoms with Gasteiger partial charge in [-0.2, -0.15) is 5.26 Å². The molecule has 1 aliphatic heterocycles. The zero-order valence-electron chi connectivity index (χ0n) is 18.2. The molecule has 2 heterocycles. The number of methoxy groups -OCH3 is 1. The van der Waals surface area contributed by atoms with Crippen molar-refractivity contribution in [1.29, 1.82) is 5.26 Å². The third-order valence-corrected chi connectivity index (χ3v) is 7.51. The average Bonchev–Trinajstić information content (AvgIpc) is 3.00. The lowest BCUT2D eigenvalue weighted by Gasteiger charge is -2.52. The van der Waals surface area contributed by atoms with Crippen LogP contribution in [0, 0.1) is 16.7 Å². The van der Waals surface area contributed by atoms with Gasteiger partial charge in [-0.05, 0) is 67.3 Å². The fourth-order valence-corrected chi connectivity index (χ4v) is 6.06. The van der Waals surface area contributed by atoms with Gasteiger partial charge in [0.25, 0.3) is 6.02 Å². The van der Waals surface area contributed by atoms with E-state index in [-0.39, 0.29) is 17.5 Å². The second-order valence-electron chi connectivity index (χ2n) is 9.38. The summed E-state index contributed by atoms with van der Waals surface area (Å²) in [5.74, 6) is 0. The molecule has 2 N–H and O–H groups in total. The van der Waals surface area contributed by atoms with Crippen molar-refractivity contribution >= 4 is 21.7 Å². The number of pyridine rings is 1. The first-order valence-electron chi connectivity index (χ1n) is 10.9. The number of nitrogens with two attached hydrogens (primary N) is 1. The highest BCUT2D eigenvalue weighted by Crippen LogP contribution is 2.63. The summed E-state index contributed by atoms with van der Waals surface area (Å²) >= 11 is 0. The molecule has 1 atom stereocenters. The van der Waals surface area contributed by atoms with E-state index < -0.39 is 10.9 Å². The normalized spacial score (nSPS) is 30.4. The number of aromatic nitrogens is 1. The maximum Gasteiger partial charge on any atom is 0.281 e. The van der Waals surface area contributed by atoms with Crippen LogP contribution in [0.5, 0.6) is 0 Å². The lowest BCUT2D eigenvalue weighted by Crippen LogP contribution is -2.56. The van der Waals surface area contributed by atoms with Crippen LogP contribution in [0.1, 0.15) is 48.8 Å². The monoisotopic (exact) mass is 422 g/mol. The molecule has 0 saturated heterocycles. The van der Waals surface area contributed by atoms with Crippen molar-refractivity contribution in [1.82, 2.24) is 4.98 Å². The van der Waals surface area contributed by atoms with Gasteiger partial charge in [-0.3, -0.25) is 4.98 Å². The number of amidine groups is 1. The number of hydrogen-bond acceptors (Lipinski definition) is 6. The van der Waals surface area contributed by atoms with Gasteiger partial charge in [-0.15, -0.1) is 0 Å². The smallest absolute Gasteiger partial charge is 0.281 e. The first-order chi connectivity index (χ1) is 15.3. The summed E-state index contributed by atoms with van der Waals surface area (Å²) in [4.78, 5) is 9.17. The second-order valence-corrected chi connectivity index (χ2v) is 9.38. The summed E-state index contributed by atoms with van der Waals surface area (Å²) in [5.41, 5.74) is 9.98. The van der Waals surface area contributed by atoms with Crippen molar-refractivity contribution < 1.29 is 9.47 Å². The van der Waals surface area contributed by atoms with Crippen LogP contribution in [0.2, 0.25) is 0 Å². The molecule has 0 bridgehead atoms. The van der Waals surface area contributed by atoms with Gasteiger partial charge in [0.1, 0.15) is 21.8 Å². The number of hydrogen-bond donors (Lipinski definition) is 1. The quantitative estimate of drug-likeness (QED) is 0.752. The molecular weight excluding hydrogens is 398 g/mol. The first kappa shape index (κ1) is 21.1. The molecule has 2 aliphatic carbocycles. The molecule has 8 heteroatoms. The van der Waals surface area contributed by atoms with Gasteiger partial charge in [-0.25, -0.2) is 4.99 Å². The predicted octanol–water partition coefficient (Wildman–Crippen LogP) is 2.67. The van der Waals surface area contributed by atoms with Gasteiger partial charge in [0.2, 0.25) is 0 Å². The predicted molar refractivity (Wildman–Crippen MR) is 123 cm³/mol. The lowest BCUT2D eigenvalue weighted by atomic mass is 9.52. The van der Waals surface area contributed by atoms with Gasteiger partial charge in [0.15, 0.2) is 0 Å². The van der Waals surface area contributed by atoms with Crippen LogP contribution in [0.4, 0.5) is 0 Å². The summed E-state index contributed by atoms with van der Waals surface area (Å²) in [5, 5.41) is 7.88. The molecule has 1 aromatic carbocycles. The van der Waals surface area contributed by atoms with Crippen LogP contribution in [0.3, 0.4) is 0 Å². The molecule has 1 fully saturated rings. The molecule has 3 aliphatic rings. The molecule has 2 spiro atoms. The van der Waals surface area contributed by atoms with Crippen LogP contribution in [-0.4, -0.2) is 45.3 Å². The first-order valence-corrected chi connectivity index (χ1v) is 10.9. The van der Waals surface area contributed by atoms with E-state index in [1.807, 2.05) is 6.07 Å². The Morgan fingerprint density at radius 2 is 1.97 bits per heavy atom. The Morgan fingerprint density at radius 1 is 1.19 bits per heavy atom. The zero-order chi connectivity index (χ0) is 22.6. The van der Waals surface area contributed by atoms with Gasteiger partial charge in [0.05, 0.1) is 17.2 Å². The van der Waals surface area contributed by atoms with Crippen molar-refractivity contribution in [3.8, 4) is 17.2 Å². The standard InChI is InChI=1S/C24H24B2N4O2/c1-31-19-4-6-22(7-5-19)10-17-3-2-16(18-8-15(11-27)12-29-13-18)9-20(17)23(22)14-24(25,26)32-21(28)30-23/h2-3,8-9,12-13,19H,4-7,10,14H2,1H3,(H2,28,30). The van der Waals surface area contributed by atoms with E-state index in [0.717, 1.165) is 48.8 Å². The fraction of sp³-hybridized carbons (Fsp3) is 0.458. The minimum Gasteiger partial charge on any atom is -0.479 e. The summed E-state index contributed by atoms with van der Waals surface area (Å²) in [7, 11) is 14.4. The van der Waals surface area contributed by atoms with Crippen LogP contribution in [-0.2, 0) is 21.4 Å². The van der Waals surface area contributed by atoms with E-state index in [2.05, 4.69) is 29.3 Å². The van der Waals surface area contributed by atoms with E-state index in [1.54, 1.807) is 19.5 Å². The molecule has 2 aromatic rings. The maximum absolute atomic E-state index is 9.28. The van der Waals surface area contributed by atoms with Crippen LogP contribution in [0.25, 0.3) is 11.1 Å². The van der Waals surface area contributed by atoms with Crippen molar-refractivity contribution in [2.75, 3.05) is 7.11 Å². The third kappa shape index (κ3) is 3.22. The third-order valence-electron chi connectivity index (χ3n) is 7.51. The van der Waals surface area contributed by atoms with Gasteiger partial charge < -0.3 is 15.2 Å². The minimum absolute atomic E-state index is 0.0286. The molecule has 4 radical (unpaired) electrons. The van der Waals surface area contributed by atoms with Crippen molar-refractivity contribution in [3.05, 3.63) is 53.3 Å². The highest BCUT2D eigenvalue weighted by Gasteiger charge is 2.61. The molecule has 5 rings (SSSR count). The molecular formula is C24H24B2N4O2. The highest BCUT2D eigenvalue weighted by molar-refractivity contribution is 6.39. The number of aliphatic imine (C=N–C) groups is 1. The van der Waals surface area contributed by atoms with Crippen molar-refractivity contribution in [3.63, 3.8) is 0 Å². The molecule has 1 saturated carbocycles. The molecule has 1 unspecified atom stereocenters. The zero-order valence-corrected chi connectivity index (χ0v) is 18.2. The molecule has 32 heavy (non-hydrogen) atoms. The Labute approximate surface area is 191 Å². The van der Waals surface area contributed by atoms with Crippen molar-refractivity contribution in [2.24, 2.45) is 16.1 Å². The minimum atomic E-state index is -1.41. The summed E-state index contributed by atoms with van der Waals surface area (Å²) < 4.78 is 11.1. The van der Waals surface area contributed by atoms with Crippen LogP contribution >= 0.6 is 0 Å². The Morgan fingerprint density at radius 3 is 2.66 bits per heavy atom. The van der Waals surface area contributed by atoms with Gasteiger partial charge in [-0.1, -0.05) is 12.1 Å². The molecule has 158 valence electrons. The Balaban J connectivity index is 1.67. The second kappa shape index (κ2) is 7.38. The largest absolute Gasteiger partial charge is 0.479 e. The lowest BCUT2D eigenvalue weighted by molar-refractivity contribution is -0.0226. The fourth-order valence-electron chi connectivity index (χ4n) is 6.06. The Kier molecular flexibility index (Phi) is 4.86. The van der Waals surface area contributed by atoms with E-state index in [1.165, 1.54) is 5.56 Å². The van der Waals surface area contributed by atoms with Crippen LogP contribution in [0.15, 0.2) is 41.7 Å². The average molecular weight is 422 g/mol. The maximum atomic E-state index is 9.28. The number of ether oxygens (including phenoxy) is 2. The number of fused-ring (bicyclic) bond motifs is 3. The van der Waals surface area contributed by atoms with Gasteiger partial charge in [0, 0.05) is 35.9 Å². The number of nitrogens with zero attached hydrogens (tertiary/aromatic N) is 3. The number of benzene rings is 1. The van der Waals surface area contributed by atoms with E-state index in [4.69, 9.17) is 35.9 Å². The summed E-state index contributed by atoms with van der Waals surface area (Å²) in [6.45, 7) is 0. The Bertz CT molecular complexity index is 1140. The molecule has 6 nitrogen and oxygen atoms in total. The van der Waals surface area contributed by atoms with E-state index in [0.29, 0.717) is 12.0 Å². The van der Waals surface area contributed by atoms with Gasteiger partial charge >= 0.3 is 0 Å². The summed E-state index contributed by atoms with van der Waals surface area (Å²) in [6, 6.07) is 10.4.